The van der Waals surface area contributed by atoms with Crippen LogP contribution in [-0.2, 0) is 6.42 Å². The van der Waals surface area contributed by atoms with Crippen LogP contribution in [0.25, 0.3) is 0 Å². The van der Waals surface area contributed by atoms with E-state index in [9.17, 15) is 4.79 Å². The Morgan fingerprint density at radius 1 is 1.29 bits per heavy atom. The number of anilines is 1. The van der Waals surface area contributed by atoms with Crippen LogP contribution in [0.1, 0.15) is 33.9 Å². The van der Waals surface area contributed by atoms with Crippen LogP contribution in [0, 0.1) is 0 Å². The van der Waals surface area contributed by atoms with Gasteiger partial charge in [0, 0.05) is 22.8 Å². The smallest absolute Gasteiger partial charge is 0.254 e. The lowest BCUT2D eigenvalue weighted by Gasteiger charge is -2.25. The molecule has 0 aromatic heterocycles. The number of aryl methyl sites for hydroxylation is 1. The second kappa shape index (κ2) is 5.53. The average molecular weight is 345 g/mol. The third-order valence-corrected chi connectivity index (χ3v) is 4.85. The molecule has 0 saturated carbocycles. The Bertz CT molecular complexity index is 699. The van der Waals surface area contributed by atoms with Crippen LogP contribution in [0.15, 0.2) is 46.9 Å². The van der Waals surface area contributed by atoms with Crippen molar-refractivity contribution in [2.45, 2.75) is 18.9 Å². The molecule has 3 rings (SSSR count). The maximum atomic E-state index is 12.7. The molecule has 0 fully saturated rings. The van der Waals surface area contributed by atoms with Gasteiger partial charge in [-0.3, -0.25) is 4.79 Å². The number of nitrogens with two attached hydrogens (primary N) is 1. The summed E-state index contributed by atoms with van der Waals surface area (Å²) >= 11 is 3.35. The number of fused-ring (bicyclic) bond motifs is 1. The summed E-state index contributed by atoms with van der Waals surface area (Å²) in [6, 6.07) is 13.9. The van der Waals surface area contributed by atoms with Crippen molar-refractivity contribution in [2.24, 2.45) is 0 Å². The van der Waals surface area contributed by atoms with Gasteiger partial charge < -0.3 is 10.6 Å². The van der Waals surface area contributed by atoms with Gasteiger partial charge in [-0.15, -0.1) is 0 Å². The number of amides is 1. The van der Waals surface area contributed by atoms with Crippen molar-refractivity contribution >= 4 is 27.5 Å². The molecule has 1 aliphatic rings. The lowest BCUT2D eigenvalue weighted by Crippen LogP contribution is -2.30. The van der Waals surface area contributed by atoms with E-state index in [1.54, 1.807) is 12.1 Å². The number of hydrogen-bond acceptors (Lipinski definition) is 2. The largest absolute Gasteiger partial charge is 0.398 e. The summed E-state index contributed by atoms with van der Waals surface area (Å²) in [5.41, 5.74) is 9.69. The number of hydrogen-bond donors (Lipinski definition) is 1. The van der Waals surface area contributed by atoms with Crippen molar-refractivity contribution in [3.8, 4) is 0 Å². The number of nitrogen functional groups attached to an aromatic ring is 1. The van der Waals surface area contributed by atoms with Gasteiger partial charge in [-0.1, -0.05) is 24.3 Å². The summed E-state index contributed by atoms with van der Waals surface area (Å²) in [7, 11) is 1.87. The van der Waals surface area contributed by atoms with Crippen LogP contribution in [0.4, 0.5) is 5.69 Å². The molecule has 0 saturated heterocycles. The molecule has 1 aliphatic carbocycles. The predicted octanol–water partition coefficient (Wildman–Crippen LogP) is 3.79. The zero-order valence-corrected chi connectivity index (χ0v) is 13.4. The van der Waals surface area contributed by atoms with E-state index in [-0.39, 0.29) is 11.9 Å². The topological polar surface area (TPSA) is 46.3 Å². The van der Waals surface area contributed by atoms with Crippen molar-refractivity contribution in [3.05, 3.63) is 63.6 Å². The van der Waals surface area contributed by atoms with Gasteiger partial charge in [0.2, 0.25) is 0 Å². The fourth-order valence-corrected chi connectivity index (χ4v) is 3.21. The van der Waals surface area contributed by atoms with Crippen molar-refractivity contribution < 1.29 is 4.79 Å². The number of nitrogens with zero attached hydrogens (tertiary/aromatic N) is 1. The number of benzene rings is 2. The number of carbonyl (C=O) groups is 1. The van der Waals surface area contributed by atoms with Gasteiger partial charge in [0.05, 0.1) is 6.04 Å². The van der Waals surface area contributed by atoms with Crippen molar-refractivity contribution in [1.29, 1.82) is 0 Å². The maximum Gasteiger partial charge on any atom is 0.254 e. The summed E-state index contributed by atoms with van der Waals surface area (Å²) < 4.78 is 0.813. The Hall–Kier alpha value is -1.81. The van der Waals surface area contributed by atoms with Crippen LogP contribution in [0.5, 0.6) is 0 Å². The highest BCUT2D eigenvalue weighted by atomic mass is 79.9. The quantitative estimate of drug-likeness (QED) is 0.842. The van der Waals surface area contributed by atoms with E-state index in [1.807, 2.05) is 24.1 Å². The molecule has 2 N–H and O–H groups in total. The molecule has 0 heterocycles. The fraction of sp³-hybridized carbons (Fsp3) is 0.235. The van der Waals surface area contributed by atoms with Crippen molar-refractivity contribution in [3.63, 3.8) is 0 Å². The molecule has 21 heavy (non-hydrogen) atoms. The van der Waals surface area contributed by atoms with Crippen LogP contribution >= 0.6 is 15.9 Å². The van der Waals surface area contributed by atoms with Gasteiger partial charge in [0.25, 0.3) is 5.91 Å². The van der Waals surface area contributed by atoms with Gasteiger partial charge in [-0.05, 0) is 58.1 Å². The molecule has 4 heteroatoms. The molecule has 0 spiro atoms. The summed E-state index contributed by atoms with van der Waals surface area (Å²) in [4.78, 5) is 14.5. The molecule has 1 atom stereocenters. The predicted molar refractivity (Wildman–Crippen MR) is 88.2 cm³/mol. The van der Waals surface area contributed by atoms with E-state index < -0.39 is 0 Å². The summed E-state index contributed by atoms with van der Waals surface area (Å²) in [6.07, 6.45) is 2.01. The average Bonchev–Trinajstić information content (AvgIpc) is 2.92. The monoisotopic (exact) mass is 344 g/mol. The Morgan fingerprint density at radius 2 is 2.05 bits per heavy atom. The standard InChI is InChI=1S/C17H17BrN2O/c1-20(16-9-7-11-4-2-3-5-13(11)16)17(21)12-6-8-14(18)15(19)10-12/h2-6,8,10,16H,7,9,19H2,1H3. The van der Waals surface area contributed by atoms with Gasteiger partial charge >= 0.3 is 0 Å². The van der Waals surface area contributed by atoms with Gasteiger partial charge in [-0.25, -0.2) is 0 Å². The fourth-order valence-electron chi connectivity index (χ4n) is 2.96. The zero-order chi connectivity index (χ0) is 15.0. The first-order valence-electron chi connectivity index (χ1n) is 6.98. The minimum absolute atomic E-state index is 0.0101. The molecule has 0 bridgehead atoms. The summed E-state index contributed by atoms with van der Waals surface area (Å²) in [5, 5.41) is 0. The van der Waals surface area contributed by atoms with E-state index in [1.165, 1.54) is 11.1 Å². The molecule has 3 nitrogen and oxygen atoms in total. The molecule has 108 valence electrons. The highest BCUT2D eigenvalue weighted by Crippen LogP contribution is 2.35. The van der Waals surface area contributed by atoms with Crippen LogP contribution in [0.3, 0.4) is 0 Å². The second-order valence-corrected chi connectivity index (χ2v) is 6.26. The number of halogens is 1. The lowest BCUT2D eigenvalue weighted by atomic mass is 10.1. The molecular weight excluding hydrogens is 328 g/mol. The Balaban J connectivity index is 1.87. The third-order valence-electron chi connectivity index (χ3n) is 4.13. The Kier molecular flexibility index (Phi) is 3.72. The minimum Gasteiger partial charge on any atom is -0.398 e. The lowest BCUT2D eigenvalue weighted by molar-refractivity contribution is 0.0730. The van der Waals surface area contributed by atoms with Crippen LogP contribution in [-0.4, -0.2) is 17.9 Å². The first-order chi connectivity index (χ1) is 10.1. The van der Waals surface area contributed by atoms with Gasteiger partial charge in [-0.2, -0.15) is 0 Å². The maximum absolute atomic E-state index is 12.7. The molecule has 2 aromatic carbocycles. The van der Waals surface area contributed by atoms with E-state index >= 15 is 0 Å². The number of carbonyl (C=O) groups excluding carboxylic acids is 1. The third kappa shape index (κ3) is 2.56. The van der Waals surface area contributed by atoms with Crippen molar-refractivity contribution in [1.82, 2.24) is 4.90 Å². The SMILES string of the molecule is CN(C(=O)c1ccc(Br)c(N)c1)C1CCc2ccccc21. The molecule has 0 aliphatic heterocycles. The van der Waals surface area contributed by atoms with E-state index in [4.69, 9.17) is 5.73 Å². The molecular formula is C17H17BrN2O. The zero-order valence-electron chi connectivity index (χ0n) is 11.8. The number of rotatable bonds is 2. The van der Waals surface area contributed by atoms with Gasteiger partial charge in [0.15, 0.2) is 0 Å². The Morgan fingerprint density at radius 3 is 2.81 bits per heavy atom. The van der Waals surface area contributed by atoms with E-state index in [2.05, 4.69) is 34.1 Å². The highest BCUT2D eigenvalue weighted by molar-refractivity contribution is 9.10. The van der Waals surface area contributed by atoms with E-state index in [0.717, 1.165) is 17.3 Å². The normalized spacial score (nSPS) is 16.6. The van der Waals surface area contributed by atoms with Crippen LogP contribution < -0.4 is 5.73 Å². The first kappa shape index (κ1) is 14.1. The molecule has 2 aromatic rings. The molecule has 1 unspecified atom stereocenters. The first-order valence-corrected chi connectivity index (χ1v) is 7.77. The summed E-state index contributed by atoms with van der Waals surface area (Å²) in [6.45, 7) is 0. The minimum atomic E-state index is 0.0101. The Labute approximate surface area is 132 Å². The van der Waals surface area contributed by atoms with Crippen LogP contribution in [0.2, 0.25) is 0 Å². The van der Waals surface area contributed by atoms with Gasteiger partial charge in [0.1, 0.15) is 0 Å². The molecule has 0 radical (unpaired) electrons. The van der Waals surface area contributed by atoms with Crippen molar-refractivity contribution in [2.75, 3.05) is 12.8 Å². The van der Waals surface area contributed by atoms with E-state index in [0.29, 0.717) is 11.3 Å². The second-order valence-electron chi connectivity index (χ2n) is 5.41. The highest BCUT2D eigenvalue weighted by Gasteiger charge is 2.28. The summed E-state index contributed by atoms with van der Waals surface area (Å²) in [5.74, 6) is 0.0101. The molecule has 1 amide bonds.